The molecule has 0 saturated heterocycles. The van der Waals surface area contributed by atoms with Gasteiger partial charge in [-0.15, -0.1) is 0 Å². The van der Waals surface area contributed by atoms with E-state index in [-0.39, 0.29) is 11.9 Å². The normalized spacial score (nSPS) is 15.1. The second-order valence-corrected chi connectivity index (χ2v) is 5.60. The summed E-state index contributed by atoms with van der Waals surface area (Å²) in [4.78, 5) is 27.4. The van der Waals surface area contributed by atoms with Crippen molar-refractivity contribution in [2.45, 2.75) is 51.0 Å². The second-order valence-electron chi connectivity index (χ2n) is 5.60. The number of amides is 3. The van der Waals surface area contributed by atoms with E-state index in [0.29, 0.717) is 31.2 Å². The van der Waals surface area contributed by atoms with Crippen molar-refractivity contribution < 1.29 is 9.59 Å². The van der Waals surface area contributed by atoms with Gasteiger partial charge in [0.15, 0.2) is 0 Å². The Kier molecular flexibility index (Phi) is 6.67. The van der Waals surface area contributed by atoms with Crippen molar-refractivity contribution in [1.82, 2.24) is 15.6 Å². The lowest BCUT2D eigenvalue weighted by Crippen LogP contribution is -2.43. The molecule has 1 heterocycles. The molecule has 22 heavy (non-hydrogen) atoms. The molecular weight excluding hydrogens is 280 g/mol. The average molecular weight is 304 g/mol. The first-order chi connectivity index (χ1) is 10.7. The number of carbonyl (C=O) groups excluding carboxylic acids is 2. The zero-order valence-electron chi connectivity index (χ0n) is 12.8. The van der Waals surface area contributed by atoms with Gasteiger partial charge in [-0.05, 0) is 31.4 Å². The predicted molar refractivity (Wildman–Crippen MR) is 85.5 cm³/mol. The largest absolute Gasteiger partial charge is 0.338 e. The fourth-order valence-electron chi connectivity index (χ4n) is 2.58. The minimum Gasteiger partial charge on any atom is -0.338 e. The molecule has 0 unspecified atom stereocenters. The molecule has 0 bridgehead atoms. The maximum atomic E-state index is 11.7. The van der Waals surface area contributed by atoms with E-state index in [2.05, 4.69) is 20.9 Å². The monoisotopic (exact) mass is 304 g/mol. The molecule has 0 atom stereocenters. The van der Waals surface area contributed by atoms with Crippen LogP contribution in [0.4, 0.5) is 10.6 Å². The van der Waals surface area contributed by atoms with E-state index in [1.54, 1.807) is 18.3 Å². The predicted octanol–water partition coefficient (Wildman–Crippen LogP) is 2.43. The van der Waals surface area contributed by atoms with Crippen LogP contribution in [-0.2, 0) is 4.79 Å². The van der Waals surface area contributed by atoms with Crippen molar-refractivity contribution in [3.63, 3.8) is 0 Å². The van der Waals surface area contributed by atoms with Gasteiger partial charge in [0.2, 0.25) is 5.91 Å². The van der Waals surface area contributed by atoms with Gasteiger partial charge in [-0.3, -0.25) is 4.79 Å². The minimum atomic E-state index is -0.128. The van der Waals surface area contributed by atoms with Gasteiger partial charge in [-0.2, -0.15) is 0 Å². The van der Waals surface area contributed by atoms with Gasteiger partial charge in [0.05, 0.1) is 0 Å². The fraction of sp³-hybridized carbons (Fsp3) is 0.562. The zero-order chi connectivity index (χ0) is 15.6. The lowest BCUT2D eigenvalue weighted by atomic mass is 9.96. The molecule has 3 N–H and O–H groups in total. The Bertz CT molecular complexity index is 472. The summed E-state index contributed by atoms with van der Waals surface area (Å²) in [6.45, 7) is 0.494. The molecule has 120 valence electrons. The van der Waals surface area contributed by atoms with E-state index < -0.39 is 0 Å². The molecule has 1 saturated carbocycles. The maximum absolute atomic E-state index is 11.7. The first kappa shape index (κ1) is 16.3. The highest BCUT2D eigenvalue weighted by Gasteiger charge is 2.15. The molecule has 0 radical (unpaired) electrons. The number of aromatic nitrogens is 1. The van der Waals surface area contributed by atoms with Gasteiger partial charge in [0, 0.05) is 25.2 Å². The Morgan fingerprint density at radius 2 is 2.00 bits per heavy atom. The van der Waals surface area contributed by atoms with Crippen LogP contribution in [0.1, 0.15) is 44.9 Å². The molecule has 1 aliphatic carbocycles. The Hall–Kier alpha value is -2.11. The van der Waals surface area contributed by atoms with E-state index >= 15 is 0 Å². The molecule has 3 amide bonds. The Balaban J connectivity index is 1.54. The molecule has 1 fully saturated rings. The molecule has 1 aromatic rings. The number of rotatable bonds is 6. The number of hydrogen-bond acceptors (Lipinski definition) is 3. The summed E-state index contributed by atoms with van der Waals surface area (Å²) in [6, 6.07) is 5.54. The first-order valence-electron chi connectivity index (χ1n) is 7.99. The summed E-state index contributed by atoms with van der Waals surface area (Å²) in [7, 11) is 0. The van der Waals surface area contributed by atoms with Gasteiger partial charge < -0.3 is 16.0 Å². The van der Waals surface area contributed by atoms with Gasteiger partial charge in [-0.25, -0.2) is 9.78 Å². The highest BCUT2D eigenvalue weighted by Crippen LogP contribution is 2.17. The number of anilines is 1. The first-order valence-corrected chi connectivity index (χ1v) is 7.99. The van der Waals surface area contributed by atoms with Crippen molar-refractivity contribution in [3.8, 4) is 0 Å². The van der Waals surface area contributed by atoms with E-state index in [4.69, 9.17) is 0 Å². The number of pyridine rings is 1. The van der Waals surface area contributed by atoms with Crippen LogP contribution in [0.15, 0.2) is 24.4 Å². The van der Waals surface area contributed by atoms with Crippen molar-refractivity contribution in [3.05, 3.63) is 24.4 Å². The number of nitrogens with zero attached hydrogens (tertiary/aromatic N) is 1. The summed E-state index contributed by atoms with van der Waals surface area (Å²) in [5.41, 5.74) is 0. The van der Waals surface area contributed by atoms with Crippen LogP contribution in [-0.4, -0.2) is 29.5 Å². The highest BCUT2D eigenvalue weighted by molar-refractivity contribution is 5.89. The van der Waals surface area contributed by atoms with Crippen molar-refractivity contribution >= 4 is 17.8 Å². The molecule has 6 nitrogen and oxygen atoms in total. The number of nitrogens with one attached hydrogen (secondary N) is 3. The second kappa shape index (κ2) is 9.02. The van der Waals surface area contributed by atoms with Gasteiger partial charge in [0.25, 0.3) is 0 Å². The highest BCUT2D eigenvalue weighted by atomic mass is 16.2. The number of urea groups is 1. The third-order valence-corrected chi connectivity index (χ3v) is 3.74. The lowest BCUT2D eigenvalue weighted by Gasteiger charge is -2.22. The van der Waals surface area contributed by atoms with Crippen LogP contribution in [0.25, 0.3) is 0 Å². The molecule has 1 aliphatic rings. The van der Waals surface area contributed by atoms with E-state index in [1.807, 2.05) is 6.07 Å². The van der Waals surface area contributed by atoms with Crippen LogP contribution >= 0.6 is 0 Å². The summed E-state index contributed by atoms with van der Waals surface area (Å²) in [5.74, 6) is 0.462. The van der Waals surface area contributed by atoms with Crippen LogP contribution < -0.4 is 16.0 Å². The zero-order valence-corrected chi connectivity index (χ0v) is 12.8. The van der Waals surface area contributed by atoms with Crippen molar-refractivity contribution in [2.24, 2.45) is 0 Å². The topological polar surface area (TPSA) is 83.1 Å². The standard InChI is InChI=1S/C16H24N4O2/c21-15(20-14-9-4-5-11-17-14)10-6-12-18-16(22)19-13-7-2-1-3-8-13/h4-5,9,11,13H,1-3,6-8,10,12H2,(H,17,20,21)(H2,18,19,22). The van der Waals surface area contributed by atoms with E-state index in [1.165, 1.54) is 19.3 Å². The molecule has 0 aromatic carbocycles. The summed E-state index contributed by atoms with van der Waals surface area (Å²) in [6.07, 6.45) is 8.39. The lowest BCUT2D eigenvalue weighted by molar-refractivity contribution is -0.116. The number of carbonyl (C=O) groups is 2. The van der Waals surface area contributed by atoms with E-state index in [0.717, 1.165) is 12.8 Å². The molecular formula is C16H24N4O2. The Morgan fingerprint density at radius 1 is 1.18 bits per heavy atom. The average Bonchev–Trinajstić information content (AvgIpc) is 2.53. The Labute approximate surface area is 131 Å². The third kappa shape index (κ3) is 6.11. The van der Waals surface area contributed by atoms with Crippen LogP contribution in [0.5, 0.6) is 0 Å². The van der Waals surface area contributed by atoms with Crippen LogP contribution in [0.2, 0.25) is 0 Å². The summed E-state index contributed by atoms with van der Waals surface area (Å²) < 4.78 is 0. The minimum absolute atomic E-state index is 0.0896. The van der Waals surface area contributed by atoms with Crippen LogP contribution in [0.3, 0.4) is 0 Å². The smallest absolute Gasteiger partial charge is 0.315 e. The van der Waals surface area contributed by atoms with Crippen molar-refractivity contribution in [2.75, 3.05) is 11.9 Å². The van der Waals surface area contributed by atoms with Crippen molar-refractivity contribution in [1.29, 1.82) is 0 Å². The molecule has 0 spiro atoms. The summed E-state index contributed by atoms with van der Waals surface area (Å²) in [5, 5.41) is 8.51. The van der Waals surface area contributed by atoms with Crippen LogP contribution in [0, 0.1) is 0 Å². The SMILES string of the molecule is O=C(CCCNC(=O)NC1CCCCC1)Nc1ccccn1. The molecule has 1 aromatic heterocycles. The van der Waals surface area contributed by atoms with Gasteiger partial charge >= 0.3 is 6.03 Å². The quantitative estimate of drug-likeness (QED) is 0.706. The summed E-state index contributed by atoms with van der Waals surface area (Å²) >= 11 is 0. The molecule has 6 heteroatoms. The third-order valence-electron chi connectivity index (χ3n) is 3.74. The van der Waals surface area contributed by atoms with Gasteiger partial charge in [0.1, 0.15) is 5.82 Å². The van der Waals surface area contributed by atoms with E-state index in [9.17, 15) is 9.59 Å². The fourth-order valence-corrected chi connectivity index (χ4v) is 2.58. The maximum Gasteiger partial charge on any atom is 0.315 e. The Morgan fingerprint density at radius 3 is 2.73 bits per heavy atom. The number of hydrogen-bond donors (Lipinski definition) is 3. The molecule has 2 rings (SSSR count). The van der Waals surface area contributed by atoms with Gasteiger partial charge in [-0.1, -0.05) is 25.3 Å². The molecule has 0 aliphatic heterocycles.